The molecule has 0 radical (unpaired) electrons. The highest BCUT2D eigenvalue weighted by Gasteiger charge is 2.15. The van der Waals surface area contributed by atoms with E-state index in [0.29, 0.717) is 12.5 Å². The number of rotatable bonds is 6. The molecule has 0 aliphatic heterocycles. The number of hydrogen-bond donors (Lipinski definition) is 1. The van der Waals surface area contributed by atoms with Gasteiger partial charge in [-0.2, -0.15) is 0 Å². The molecule has 0 aliphatic carbocycles. The molecule has 6 heteroatoms. The number of sulfonamides is 1. The highest BCUT2D eigenvalue weighted by molar-refractivity contribution is 7.89. The highest BCUT2D eigenvalue weighted by Crippen LogP contribution is 2.12. The molecule has 4 nitrogen and oxygen atoms in total. The van der Waals surface area contributed by atoms with Gasteiger partial charge in [0.2, 0.25) is 10.0 Å². The van der Waals surface area contributed by atoms with E-state index < -0.39 is 10.0 Å². The molecule has 1 N–H and O–H groups in total. The molecule has 0 spiro atoms. The number of nitrogens with one attached hydrogen (secondary N) is 1. The lowest BCUT2D eigenvalue weighted by atomic mass is 10.0. The molecule has 17 heavy (non-hydrogen) atoms. The van der Waals surface area contributed by atoms with Crippen LogP contribution in [-0.2, 0) is 10.0 Å². The molecule has 1 aromatic rings. The van der Waals surface area contributed by atoms with Crippen LogP contribution in [0, 0.1) is 5.92 Å². The summed E-state index contributed by atoms with van der Waals surface area (Å²) in [6.07, 6.45) is 3.17. The summed E-state index contributed by atoms with van der Waals surface area (Å²) in [4.78, 5) is 3.91. The fourth-order valence-electron chi connectivity index (χ4n) is 1.41. The van der Waals surface area contributed by atoms with E-state index in [0.717, 1.165) is 12.8 Å². The number of halogens is 1. The Kier molecular flexibility index (Phi) is 5.36. The highest BCUT2D eigenvalue weighted by atomic mass is 35.5. The first-order chi connectivity index (χ1) is 7.99. The van der Waals surface area contributed by atoms with Gasteiger partial charge < -0.3 is 0 Å². The number of hydrogen-bond acceptors (Lipinski definition) is 3. The van der Waals surface area contributed by atoms with Crippen molar-refractivity contribution in [2.45, 2.75) is 31.6 Å². The van der Waals surface area contributed by atoms with Crippen molar-refractivity contribution in [1.82, 2.24) is 9.71 Å². The smallest absolute Gasteiger partial charge is 0.242 e. The molecule has 0 amide bonds. The number of aromatic nitrogens is 1. The molecule has 0 atom stereocenters. The first kappa shape index (κ1) is 14.4. The van der Waals surface area contributed by atoms with Crippen LogP contribution < -0.4 is 4.72 Å². The maximum Gasteiger partial charge on any atom is 0.242 e. The Labute approximate surface area is 107 Å². The van der Waals surface area contributed by atoms with Gasteiger partial charge >= 0.3 is 0 Å². The largest absolute Gasteiger partial charge is 0.243 e. The van der Waals surface area contributed by atoms with Crippen molar-refractivity contribution in [3.8, 4) is 0 Å². The van der Waals surface area contributed by atoms with Crippen LogP contribution in [0.3, 0.4) is 0 Å². The minimum absolute atomic E-state index is 0.146. The van der Waals surface area contributed by atoms with Crippen molar-refractivity contribution in [1.29, 1.82) is 0 Å². The van der Waals surface area contributed by atoms with E-state index >= 15 is 0 Å². The van der Waals surface area contributed by atoms with Crippen molar-refractivity contribution < 1.29 is 8.42 Å². The van der Waals surface area contributed by atoms with Gasteiger partial charge in [-0.3, -0.25) is 0 Å². The Morgan fingerprint density at radius 1 is 1.35 bits per heavy atom. The van der Waals surface area contributed by atoms with Crippen LogP contribution in [0.5, 0.6) is 0 Å². The molecular formula is C11H17ClN2O2S. The van der Waals surface area contributed by atoms with Crippen LogP contribution >= 0.6 is 11.6 Å². The molecule has 0 saturated heterocycles. The summed E-state index contributed by atoms with van der Waals surface area (Å²) in [7, 11) is -3.46. The first-order valence-electron chi connectivity index (χ1n) is 5.60. The van der Waals surface area contributed by atoms with Gasteiger partial charge in [0.1, 0.15) is 10.0 Å². The van der Waals surface area contributed by atoms with Gasteiger partial charge in [0.05, 0.1) is 0 Å². The van der Waals surface area contributed by atoms with E-state index in [1.807, 2.05) is 13.8 Å². The third-order valence-corrected chi connectivity index (χ3v) is 4.36. The predicted molar refractivity (Wildman–Crippen MR) is 68.5 cm³/mol. The van der Waals surface area contributed by atoms with Gasteiger partial charge in [0.15, 0.2) is 0 Å². The second kappa shape index (κ2) is 6.33. The maximum atomic E-state index is 11.9. The van der Waals surface area contributed by atoms with Crippen molar-refractivity contribution >= 4 is 21.6 Å². The van der Waals surface area contributed by atoms with Crippen LogP contribution in [0.1, 0.15) is 26.7 Å². The molecule has 1 heterocycles. The lowest BCUT2D eigenvalue weighted by molar-refractivity contribution is 0.479. The second-order valence-corrected chi connectivity index (χ2v) is 6.01. The Morgan fingerprint density at radius 3 is 2.47 bits per heavy atom. The Hall–Kier alpha value is -0.650. The van der Waals surface area contributed by atoms with Gasteiger partial charge in [-0.15, -0.1) is 0 Å². The van der Waals surface area contributed by atoms with Gasteiger partial charge in [-0.1, -0.05) is 38.3 Å². The summed E-state index contributed by atoms with van der Waals surface area (Å²) in [6.45, 7) is 4.55. The summed E-state index contributed by atoms with van der Waals surface area (Å²) in [6, 6.07) is 2.91. The zero-order valence-electron chi connectivity index (χ0n) is 9.98. The SMILES string of the molecule is CCC(CC)CNS(=O)(=O)c1ccc(Cl)nc1. The maximum absolute atomic E-state index is 11.9. The third kappa shape index (κ3) is 4.26. The van der Waals surface area contributed by atoms with E-state index in [1.165, 1.54) is 18.3 Å². The van der Waals surface area contributed by atoms with Gasteiger partial charge in [-0.25, -0.2) is 18.1 Å². The molecule has 0 unspecified atom stereocenters. The average Bonchev–Trinajstić information content (AvgIpc) is 2.31. The average molecular weight is 277 g/mol. The predicted octanol–water partition coefficient (Wildman–Crippen LogP) is 2.45. The van der Waals surface area contributed by atoms with Gasteiger partial charge in [-0.05, 0) is 18.1 Å². The van der Waals surface area contributed by atoms with Crippen molar-refractivity contribution in [2.24, 2.45) is 5.92 Å². The fraction of sp³-hybridized carbons (Fsp3) is 0.545. The summed E-state index contributed by atoms with van der Waals surface area (Å²) >= 11 is 5.61. The number of pyridine rings is 1. The number of nitrogens with zero attached hydrogens (tertiary/aromatic N) is 1. The summed E-state index contributed by atoms with van der Waals surface area (Å²) in [5.74, 6) is 0.366. The topological polar surface area (TPSA) is 59.1 Å². The minimum atomic E-state index is -3.46. The third-order valence-electron chi connectivity index (χ3n) is 2.73. The van der Waals surface area contributed by atoms with Gasteiger partial charge in [0.25, 0.3) is 0 Å². The second-order valence-electron chi connectivity index (χ2n) is 3.85. The lowest BCUT2D eigenvalue weighted by Gasteiger charge is -2.13. The fourth-order valence-corrected chi connectivity index (χ4v) is 2.58. The quantitative estimate of drug-likeness (QED) is 0.812. The Balaban J connectivity index is 2.72. The standard InChI is InChI=1S/C11H17ClN2O2S/c1-3-9(4-2)7-14-17(15,16)10-5-6-11(12)13-8-10/h5-6,8-9,14H,3-4,7H2,1-2H3. The molecule has 0 saturated carbocycles. The van der Waals surface area contributed by atoms with Crippen molar-refractivity contribution in [3.05, 3.63) is 23.5 Å². The van der Waals surface area contributed by atoms with E-state index in [9.17, 15) is 8.42 Å². The van der Waals surface area contributed by atoms with Crippen molar-refractivity contribution in [2.75, 3.05) is 6.54 Å². The zero-order chi connectivity index (χ0) is 12.9. The first-order valence-corrected chi connectivity index (χ1v) is 7.47. The summed E-state index contributed by atoms with van der Waals surface area (Å²) < 4.78 is 26.4. The molecule has 0 fully saturated rings. The molecular weight excluding hydrogens is 260 g/mol. The normalized spacial score (nSPS) is 12.0. The van der Waals surface area contributed by atoms with E-state index in [1.54, 1.807) is 0 Å². The zero-order valence-corrected chi connectivity index (χ0v) is 11.6. The van der Waals surface area contributed by atoms with E-state index in [4.69, 9.17) is 11.6 Å². The van der Waals surface area contributed by atoms with Gasteiger partial charge in [0, 0.05) is 12.7 Å². The minimum Gasteiger partial charge on any atom is -0.243 e. The molecule has 0 aliphatic rings. The van der Waals surface area contributed by atoms with Crippen LogP contribution in [0.25, 0.3) is 0 Å². The van der Waals surface area contributed by atoms with Crippen LogP contribution in [0.2, 0.25) is 5.15 Å². The van der Waals surface area contributed by atoms with E-state index in [-0.39, 0.29) is 10.0 Å². The monoisotopic (exact) mass is 276 g/mol. The molecule has 1 aromatic heterocycles. The van der Waals surface area contributed by atoms with Crippen LogP contribution in [0.4, 0.5) is 0 Å². The molecule has 0 bridgehead atoms. The van der Waals surface area contributed by atoms with E-state index in [2.05, 4.69) is 9.71 Å². The molecule has 1 rings (SSSR count). The summed E-state index contributed by atoms with van der Waals surface area (Å²) in [5.41, 5.74) is 0. The molecule has 96 valence electrons. The van der Waals surface area contributed by atoms with Crippen LogP contribution in [0.15, 0.2) is 23.2 Å². The Bertz CT molecular complexity index is 441. The summed E-state index contributed by atoms with van der Waals surface area (Å²) in [5, 5.41) is 0.281. The lowest BCUT2D eigenvalue weighted by Crippen LogP contribution is -2.29. The Morgan fingerprint density at radius 2 is 2.00 bits per heavy atom. The molecule has 0 aromatic carbocycles. The van der Waals surface area contributed by atoms with Crippen molar-refractivity contribution in [3.63, 3.8) is 0 Å². The van der Waals surface area contributed by atoms with Crippen LogP contribution in [-0.4, -0.2) is 19.9 Å².